The molecule has 0 aliphatic heterocycles. The van der Waals surface area contributed by atoms with Gasteiger partial charge in [-0.05, 0) is 33.0 Å². The molecule has 0 aliphatic carbocycles. The fourth-order valence-corrected chi connectivity index (χ4v) is 1.93. The second kappa shape index (κ2) is 3.59. The molecule has 0 fully saturated rings. The number of hydrogen-bond donors (Lipinski definition) is 1. The average molecular weight is 201 g/mol. The molecule has 1 N–H and O–H groups in total. The van der Waals surface area contributed by atoms with Crippen LogP contribution in [0, 0.1) is 11.7 Å². The minimum atomic E-state index is -0.150. The van der Waals surface area contributed by atoms with Gasteiger partial charge in [0.1, 0.15) is 5.82 Å². The van der Waals surface area contributed by atoms with Gasteiger partial charge in [-0.25, -0.2) is 0 Å². The standard InChI is InChI=1S/C8H15N3OS/c1-6-9-10-7(13)11(6)8(2,3)5-12-4/h5H2,1-4H3,(H,10,13). The van der Waals surface area contributed by atoms with E-state index in [1.54, 1.807) is 7.11 Å². The van der Waals surface area contributed by atoms with Crippen LogP contribution in [0.25, 0.3) is 0 Å². The molecule has 0 bridgehead atoms. The van der Waals surface area contributed by atoms with Crippen molar-refractivity contribution in [2.24, 2.45) is 0 Å². The maximum atomic E-state index is 5.13. The van der Waals surface area contributed by atoms with Crippen LogP contribution in [-0.4, -0.2) is 28.5 Å². The molecule has 0 spiro atoms. The van der Waals surface area contributed by atoms with Crippen molar-refractivity contribution < 1.29 is 4.74 Å². The molecule has 0 saturated carbocycles. The Kier molecular flexibility index (Phi) is 2.87. The van der Waals surface area contributed by atoms with E-state index in [9.17, 15) is 0 Å². The summed E-state index contributed by atoms with van der Waals surface area (Å²) in [6, 6.07) is 0. The topological polar surface area (TPSA) is 42.8 Å². The number of nitrogens with zero attached hydrogens (tertiary/aromatic N) is 2. The van der Waals surface area contributed by atoms with Crippen LogP contribution in [0.4, 0.5) is 0 Å². The molecule has 13 heavy (non-hydrogen) atoms. The fraction of sp³-hybridized carbons (Fsp3) is 0.750. The second-order valence-electron chi connectivity index (χ2n) is 3.66. The quantitative estimate of drug-likeness (QED) is 0.756. The zero-order valence-electron chi connectivity index (χ0n) is 8.42. The number of nitrogens with one attached hydrogen (secondary N) is 1. The van der Waals surface area contributed by atoms with Crippen molar-refractivity contribution in [3.8, 4) is 0 Å². The van der Waals surface area contributed by atoms with Crippen LogP contribution in [0.2, 0.25) is 0 Å². The maximum absolute atomic E-state index is 5.13. The lowest BCUT2D eigenvalue weighted by Crippen LogP contribution is -2.32. The van der Waals surface area contributed by atoms with E-state index < -0.39 is 0 Å². The highest BCUT2D eigenvalue weighted by atomic mass is 32.1. The van der Waals surface area contributed by atoms with Gasteiger partial charge >= 0.3 is 0 Å². The first-order valence-electron chi connectivity index (χ1n) is 4.12. The lowest BCUT2D eigenvalue weighted by Gasteiger charge is -2.26. The third kappa shape index (κ3) is 1.97. The Hall–Kier alpha value is -0.680. The molecule has 5 heteroatoms. The zero-order chi connectivity index (χ0) is 10.1. The van der Waals surface area contributed by atoms with Crippen molar-refractivity contribution in [1.82, 2.24) is 14.8 Å². The summed E-state index contributed by atoms with van der Waals surface area (Å²) in [5, 5.41) is 6.82. The summed E-state index contributed by atoms with van der Waals surface area (Å²) in [5.41, 5.74) is -0.150. The van der Waals surface area contributed by atoms with Gasteiger partial charge in [-0.1, -0.05) is 0 Å². The predicted octanol–water partition coefficient (Wildman–Crippen LogP) is 1.63. The lowest BCUT2D eigenvalue weighted by molar-refractivity contribution is 0.107. The molecule has 0 unspecified atom stereocenters. The van der Waals surface area contributed by atoms with Crippen molar-refractivity contribution in [1.29, 1.82) is 0 Å². The molecule has 0 amide bonds. The number of aromatic amines is 1. The molecule has 1 heterocycles. The minimum Gasteiger partial charge on any atom is -0.382 e. The summed E-state index contributed by atoms with van der Waals surface area (Å²) in [6.07, 6.45) is 0. The number of H-pyrrole nitrogens is 1. The molecule has 0 atom stereocenters. The van der Waals surface area contributed by atoms with Crippen LogP contribution in [0.3, 0.4) is 0 Å². The van der Waals surface area contributed by atoms with Gasteiger partial charge in [0.15, 0.2) is 4.77 Å². The van der Waals surface area contributed by atoms with Crippen molar-refractivity contribution in [3.05, 3.63) is 10.6 Å². The van der Waals surface area contributed by atoms with E-state index in [1.807, 2.05) is 11.5 Å². The Morgan fingerprint density at radius 2 is 2.23 bits per heavy atom. The molecular weight excluding hydrogens is 186 g/mol. The predicted molar refractivity (Wildman–Crippen MR) is 53.3 cm³/mol. The van der Waals surface area contributed by atoms with Crippen molar-refractivity contribution in [3.63, 3.8) is 0 Å². The number of ether oxygens (including phenoxy) is 1. The Labute approximate surface area is 82.9 Å². The van der Waals surface area contributed by atoms with E-state index in [2.05, 4.69) is 24.0 Å². The summed E-state index contributed by atoms with van der Waals surface area (Å²) < 4.78 is 7.73. The number of rotatable bonds is 3. The van der Waals surface area contributed by atoms with E-state index in [-0.39, 0.29) is 5.54 Å². The van der Waals surface area contributed by atoms with E-state index in [0.717, 1.165) is 5.82 Å². The molecule has 0 aliphatic rings. The first-order valence-corrected chi connectivity index (χ1v) is 4.53. The monoisotopic (exact) mass is 201 g/mol. The minimum absolute atomic E-state index is 0.150. The zero-order valence-corrected chi connectivity index (χ0v) is 9.23. The first kappa shape index (κ1) is 10.4. The summed E-state index contributed by atoms with van der Waals surface area (Å²) in [7, 11) is 1.68. The summed E-state index contributed by atoms with van der Waals surface area (Å²) in [5.74, 6) is 0.882. The number of hydrogen-bond acceptors (Lipinski definition) is 3. The van der Waals surface area contributed by atoms with Crippen LogP contribution in [0.1, 0.15) is 19.7 Å². The van der Waals surface area contributed by atoms with E-state index in [1.165, 1.54) is 0 Å². The van der Waals surface area contributed by atoms with Crippen LogP contribution >= 0.6 is 12.2 Å². The van der Waals surface area contributed by atoms with Crippen LogP contribution in [0.15, 0.2) is 0 Å². The van der Waals surface area contributed by atoms with Gasteiger partial charge in [-0.15, -0.1) is 0 Å². The average Bonchev–Trinajstić information content (AvgIpc) is 2.31. The van der Waals surface area contributed by atoms with E-state index in [4.69, 9.17) is 17.0 Å². The smallest absolute Gasteiger partial charge is 0.195 e. The normalized spacial score (nSPS) is 12.0. The van der Waals surface area contributed by atoms with Gasteiger partial charge in [-0.3, -0.25) is 9.67 Å². The molecule has 0 radical (unpaired) electrons. The van der Waals surface area contributed by atoms with Gasteiger partial charge in [0.2, 0.25) is 0 Å². The maximum Gasteiger partial charge on any atom is 0.195 e. The van der Waals surface area contributed by atoms with E-state index in [0.29, 0.717) is 11.4 Å². The highest BCUT2D eigenvalue weighted by molar-refractivity contribution is 7.71. The van der Waals surface area contributed by atoms with Gasteiger partial charge in [0, 0.05) is 7.11 Å². The molecule has 0 aromatic carbocycles. The van der Waals surface area contributed by atoms with E-state index >= 15 is 0 Å². The number of methoxy groups -OCH3 is 1. The summed E-state index contributed by atoms with van der Waals surface area (Å²) in [4.78, 5) is 0. The van der Waals surface area contributed by atoms with Crippen LogP contribution in [-0.2, 0) is 10.3 Å². The molecule has 1 aromatic heterocycles. The highest BCUT2D eigenvalue weighted by Crippen LogP contribution is 2.17. The molecule has 4 nitrogen and oxygen atoms in total. The number of aromatic nitrogens is 3. The molecule has 1 aromatic rings. The summed E-state index contributed by atoms with van der Waals surface area (Å²) >= 11 is 5.12. The van der Waals surface area contributed by atoms with Gasteiger partial charge < -0.3 is 4.74 Å². The van der Waals surface area contributed by atoms with Gasteiger partial charge in [0.25, 0.3) is 0 Å². The van der Waals surface area contributed by atoms with Crippen molar-refractivity contribution >= 4 is 12.2 Å². The van der Waals surface area contributed by atoms with Crippen LogP contribution in [0.5, 0.6) is 0 Å². The van der Waals surface area contributed by atoms with Crippen molar-refractivity contribution in [2.75, 3.05) is 13.7 Å². The first-order chi connectivity index (χ1) is 5.99. The largest absolute Gasteiger partial charge is 0.382 e. The van der Waals surface area contributed by atoms with Crippen LogP contribution < -0.4 is 0 Å². The molecular formula is C8H15N3OS. The Morgan fingerprint density at radius 3 is 2.62 bits per heavy atom. The highest BCUT2D eigenvalue weighted by Gasteiger charge is 2.22. The second-order valence-corrected chi connectivity index (χ2v) is 4.04. The Balaban J connectivity index is 3.12. The number of aryl methyl sites for hydroxylation is 1. The lowest BCUT2D eigenvalue weighted by atomic mass is 10.1. The molecule has 74 valence electrons. The fourth-order valence-electron chi connectivity index (χ4n) is 1.51. The van der Waals surface area contributed by atoms with Gasteiger partial charge in [0.05, 0.1) is 12.1 Å². The third-order valence-electron chi connectivity index (χ3n) is 1.94. The Morgan fingerprint density at radius 1 is 1.62 bits per heavy atom. The van der Waals surface area contributed by atoms with Crippen molar-refractivity contribution in [2.45, 2.75) is 26.3 Å². The third-order valence-corrected chi connectivity index (χ3v) is 2.22. The Bertz CT molecular complexity index is 339. The summed E-state index contributed by atoms with van der Waals surface area (Å²) in [6.45, 7) is 6.66. The SMILES string of the molecule is COCC(C)(C)n1c(C)n[nH]c1=S. The molecule has 1 rings (SSSR count). The molecule has 0 saturated heterocycles. The van der Waals surface area contributed by atoms with Gasteiger partial charge in [-0.2, -0.15) is 5.10 Å².